The zero-order chi connectivity index (χ0) is 10.2. The molecule has 0 aromatic carbocycles. The van der Waals surface area contributed by atoms with Gasteiger partial charge in [0.25, 0.3) is 0 Å². The Bertz CT molecular complexity index is 214. The molecule has 13 heavy (non-hydrogen) atoms. The molecule has 0 spiro atoms. The van der Waals surface area contributed by atoms with Gasteiger partial charge in [0.2, 0.25) is 5.91 Å². The van der Waals surface area contributed by atoms with Crippen LogP contribution < -0.4 is 0 Å². The van der Waals surface area contributed by atoms with Crippen molar-refractivity contribution in [3.63, 3.8) is 0 Å². The predicted molar refractivity (Wildman–Crippen MR) is 41.0 cm³/mol. The molecule has 1 amide bonds. The van der Waals surface area contributed by atoms with E-state index in [0.717, 1.165) is 0 Å². The Morgan fingerprint density at radius 1 is 1.46 bits per heavy atom. The van der Waals surface area contributed by atoms with Gasteiger partial charge in [-0.15, -0.1) is 0 Å². The van der Waals surface area contributed by atoms with E-state index in [4.69, 9.17) is 0 Å². The summed E-state index contributed by atoms with van der Waals surface area (Å²) in [7, 11) is 0. The maximum Gasteiger partial charge on any atom is 0.393 e. The highest BCUT2D eigenvalue weighted by molar-refractivity contribution is 5.73. The lowest BCUT2D eigenvalue weighted by Crippen LogP contribution is -2.38. The summed E-state index contributed by atoms with van der Waals surface area (Å²) in [4.78, 5) is 12.2. The van der Waals surface area contributed by atoms with E-state index in [2.05, 4.69) is 0 Å². The quantitative estimate of drug-likeness (QED) is 0.577. The van der Waals surface area contributed by atoms with E-state index in [1.165, 1.54) is 18.7 Å². The van der Waals surface area contributed by atoms with Gasteiger partial charge in [-0.2, -0.15) is 13.2 Å². The molecule has 1 heterocycles. The lowest BCUT2D eigenvalue weighted by molar-refractivity contribution is -0.179. The molecule has 0 radical (unpaired) electrons. The zero-order valence-electron chi connectivity index (χ0n) is 7.56. The number of carbonyl (C=O) groups is 1. The number of alkyl halides is 3. The number of hydrogen-bond acceptors (Lipinski definition) is 1. The van der Waals surface area contributed by atoms with Crippen LogP contribution in [0, 0.1) is 5.92 Å². The van der Waals surface area contributed by atoms with Crippen LogP contribution >= 0.6 is 0 Å². The average molecular weight is 195 g/mol. The number of likely N-dealkylation sites (tertiary alicyclic amines) is 1. The van der Waals surface area contributed by atoms with Crippen molar-refractivity contribution in [2.24, 2.45) is 5.92 Å². The SMILES string of the molecule is CC(=O)N1CCC(C(F)(F)F)C1C. The second-order valence-corrected chi connectivity index (χ2v) is 3.39. The van der Waals surface area contributed by atoms with E-state index in [0.29, 0.717) is 0 Å². The minimum atomic E-state index is -4.18. The fourth-order valence-corrected chi connectivity index (χ4v) is 1.82. The van der Waals surface area contributed by atoms with Crippen molar-refractivity contribution in [2.75, 3.05) is 6.54 Å². The third kappa shape index (κ3) is 1.95. The van der Waals surface area contributed by atoms with E-state index >= 15 is 0 Å². The van der Waals surface area contributed by atoms with Crippen LogP contribution in [0.3, 0.4) is 0 Å². The van der Waals surface area contributed by atoms with Gasteiger partial charge in [-0.05, 0) is 13.3 Å². The topological polar surface area (TPSA) is 20.3 Å². The van der Waals surface area contributed by atoms with Gasteiger partial charge in [0.15, 0.2) is 0 Å². The van der Waals surface area contributed by atoms with Crippen molar-refractivity contribution < 1.29 is 18.0 Å². The molecular formula is C8H12F3NO. The first kappa shape index (κ1) is 10.3. The highest BCUT2D eigenvalue weighted by atomic mass is 19.4. The van der Waals surface area contributed by atoms with Crippen LogP contribution in [0.1, 0.15) is 20.3 Å². The van der Waals surface area contributed by atoms with E-state index in [-0.39, 0.29) is 18.9 Å². The summed E-state index contributed by atoms with van der Waals surface area (Å²) in [6.07, 6.45) is -4.14. The maximum absolute atomic E-state index is 12.3. The van der Waals surface area contributed by atoms with Crippen LogP contribution in [-0.4, -0.2) is 29.6 Å². The van der Waals surface area contributed by atoms with E-state index in [1.54, 1.807) is 0 Å². The van der Waals surface area contributed by atoms with Crippen LogP contribution in [0.15, 0.2) is 0 Å². The molecule has 2 nitrogen and oxygen atoms in total. The maximum atomic E-state index is 12.3. The summed E-state index contributed by atoms with van der Waals surface area (Å²) >= 11 is 0. The monoisotopic (exact) mass is 195 g/mol. The van der Waals surface area contributed by atoms with Gasteiger partial charge >= 0.3 is 6.18 Å². The third-order valence-corrected chi connectivity index (χ3v) is 2.58. The number of nitrogens with zero attached hydrogens (tertiary/aromatic N) is 1. The summed E-state index contributed by atoms with van der Waals surface area (Å²) in [6.45, 7) is 2.97. The lowest BCUT2D eigenvalue weighted by atomic mass is 10.0. The molecule has 1 fully saturated rings. The molecule has 0 bridgehead atoms. The Kier molecular flexibility index (Phi) is 2.54. The Balaban J connectivity index is 2.71. The van der Waals surface area contributed by atoms with E-state index in [9.17, 15) is 18.0 Å². The van der Waals surface area contributed by atoms with E-state index < -0.39 is 18.1 Å². The van der Waals surface area contributed by atoms with Crippen molar-refractivity contribution >= 4 is 5.91 Å². The van der Waals surface area contributed by atoms with Crippen molar-refractivity contribution in [1.29, 1.82) is 0 Å². The predicted octanol–water partition coefficient (Wildman–Crippen LogP) is 1.81. The number of hydrogen-bond donors (Lipinski definition) is 0. The Labute approximate surface area is 74.7 Å². The molecule has 1 aliphatic heterocycles. The average Bonchev–Trinajstić information content (AvgIpc) is 2.28. The van der Waals surface area contributed by atoms with Crippen molar-refractivity contribution in [3.8, 4) is 0 Å². The Morgan fingerprint density at radius 3 is 2.23 bits per heavy atom. The van der Waals surface area contributed by atoms with Crippen LogP contribution in [0.4, 0.5) is 13.2 Å². The molecule has 0 N–H and O–H groups in total. The smallest absolute Gasteiger partial charge is 0.340 e. The van der Waals surface area contributed by atoms with Crippen LogP contribution in [0.2, 0.25) is 0 Å². The van der Waals surface area contributed by atoms with Crippen molar-refractivity contribution in [1.82, 2.24) is 4.90 Å². The van der Waals surface area contributed by atoms with Crippen molar-refractivity contribution in [2.45, 2.75) is 32.5 Å². The number of amides is 1. The number of carbonyl (C=O) groups excluding carboxylic acids is 1. The molecule has 2 unspecified atom stereocenters. The molecule has 0 aliphatic carbocycles. The minimum absolute atomic E-state index is 0.0320. The summed E-state index contributed by atoms with van der Waals surface area (Å²) in [6, 6.07) is -0.711. The largest absolute Gasteiger partial charge is 0.393 e. The first-order valence-corrected chi connectivity index (χ1v) is 4.18. The molecule has 0 aromatic heterocycles. The molecule has 0 saturated carbocycles. The summed E-state index contributed by atoms with van der Waals surface area (Å²) in [5.41, 5.74) is 0. The van der Waals surface area contributed by atoms with Gasteiger partial charge in [0.1, 0.15) is 0 Å². The lowest BCUT2D eigenvalue weighted by Gasteiger charge is -2.24. The van der Waals surface area contributed by atoms with Gasteiger partial charge in [0.05, 0.1) is 5.92 Å². The first-order valence-electron chi connectivity index (χ1n) is 4.18. The molecule has 2 atom stereocenters. The molecular weight excluding hydrogens is 183 g/mol. The summed E-state index contributed by atoms with van der Waals surface area (Å²) in [5, 5.41) is 0. The molecule has 1 aliphatic rings. The number of rotatable bonds is 0. The first-order chi connectivity index (χ1) is 5.84. The van der Waals surface area contributed by atoms with Gasteiger partial charge in [-0.25, -0.2) is 0 Å². The third-order valence-electron chi connectivity index (χ3n) is 2.58. The van der Waals surface area contributed by atoms with Crippen molar-refractivity contribution in [3.05, 3.63) is 0 Å². The molecule has 76 valence electrons. The fourth-order valence-electron chi connectivity index (χ4n) is 1.82. The van der Waals surface area contributed by atoms with Crippen LogP contribution in [-0.2, 0) is 4.79 Å². The van der Waals surface area contributed by atoms with Gasteiger partial charge in [-0.3, -0.25) is 4.79 Å². The van der Waals surface area contributed by atoms with Gasteiger partial charge in [-0.1, -0.05) is 0 Å². The molecule has 0 aromatic rings. The van der Waals surface area contributed by atoms with Gasteiger partial charge in [0, 0.05) is 19.5 Å². The zero-order valence-corrected chi connectivity index (χ0v) is 7.56. The Morgan fingerprint density at radius 2 is 2.00 bits per heavy atom. The fraction of sp³-hybridized carbons (Fsp3) is 0.875. The standard InChI is InChI=1S/C8H12F3NO/c1-5-7(8(9,10)11)3-4-12(5)6(2)13/h5,7H,3-4H2,1-2H3. The minimum Gasteiger partial charge on any atom is -0.340 e. The highest BCUT2D eigenvalue weighted by Gasteiger charge is 2.48. The summed E-state index contributed by atoms with van der Waals surface area (Å²) in [5.74, 6) is -1.63. The second-order valence-electron chi connectivity index (χ2n) is 3.39. The van der Waals surface area contributed by atoms with Crippen LogP contribution in [0.5, 0.6) is 0 Å². The second kappa shape index (κ2) is 3.20. The summed E-state index contributed by atoms with van der Waals surface area (Å²) < 4.78 is 36.9. The van der Waals surface area contributed by atoms with Crippen LogP contribution in [0.25, 0.3) is 0 Å². The van der Waals surface area contributed by atoms with E-state index in [1.807, 2.05) is 0 Å². The molecule has 1 saturated heterocycles. The molecule has 1 rings (SSSR count). The van der Waals surface area contributed by atoms with Gasteiger partial charge < -0.3 is 4.90 Å². The number of halogens is 3. The Hall–Kier alpha value is -0.740. The highest BCUT2D eigenvalue weighted by Crippen LogP contribution is 2.37. The molecule has 5 heteroatoms. The normalized spacial score (nSPS) is 29.5.